The number of rotatable bonds is 2. The van der Waals surface area contributed by atoms with E-state index in [2.05, 4.69) is 21.6 Å². The molecule has 2 aromatic rings. The SMILES string of the molecule is OC1(c2ccccc2)CN(c2ccccc2)C2=[N+]1CCS2.[Br-]. The van der Waals surface area contributed by atoms with Crippen LogP contribution in [0.25, 0.3) is 0 Å². The Bertz CT molecular complexity index is 692. The monoisotopic (exact) mass is 376 g/mol. The predicted molar refractivity (Wildman–Crippen MR) is 86.7 cm³/mol. The van der Waals surface area contributed by atoms with E-state index in [4.69, 9.17) is 0 Å². The van der Waals surface area contributed by atoms with Crippen LogP contribution in [0.15, 0.2) is 60.7 Å². The van der Waals surface area contributed by atoms with E-state index in [0.717, 1.165) is 28.7 Å². The summed E-state index contributed by atoms with van der Waals surface area (Å²) in [6.45, 7) is 1.46. The lowest BCUT2D eigenvalue weighted by molar-refractivity contribution is -0.650. The van der Waals surface area contributed by atoms with Gasteiger partial charge in [0, 0.05) is 11.3 Å². The molecule has 22 heavy (non-hydrogen) atoms. The molecule has 4 rings (SSSR count). The van der Waals surface area contributed by atoms with Crippen LogP contribution in [-0.4, -0.2) is 33.7 Å². The zero-order valence-electron chi connectivity index (χ0n) is 12.0. The van der Waals surface area contributed by atoms with Crippen molar-refractivity contribution >= 4 is 22.6 Å². The summed E-state index contributed by atoms with van der Waals surface area (Å²) in [5, 5.41) is 12.5. The molecule has 0 bridgehead atoms. The summed E-state index contributed by atoms with van der Waals surface area (Å²) in [6.07, 6.45) is 0. The lowest BCUT2D eigenvalue weighted by atomic mass is 10.0. The van der Waals surface area contributed by atoms with E-state index in [0.29, 0.717) is 6.54 Å². The van der Waals surface area contributed by atoms with Crippen LogP contribution < -0.4 is 21.9 Å². The minimum Gasteiger partial charge on any atom is -1.00 e. The maximum Gasteiger partial charge on any atom is 0.316 e. The summed E-state index contributed by atoms with van der Waals surface area (Å²) in [5.74, 6) is 1.02. The van der Waals surface area contributed by atoms with Crippen LogP contribution in [0.1, 0.15) is 5.56 Å². The van der Waals surface area contributed by atoms with Gasteiger partial charge in [0.15, 0.2) is 6.54 Å². The molecule has 0 fully saturated rings. The van der Waals surface area contributed by atoms with Gasteiger partial charge in [-0.25, -0.2) is 9.48 Å². The highest BCUT2D eigenvalue weighted by Gasteiger charge is 2.54. The maximum absolute atomic E-state index is 11.3. The fourth-order valence-corrected chi connectivity index (χ4v) is 4.28. The van der Waals surface area contributed by atoms with Gasteiger partial charge in [-0.1, -0.05) is 48.5 Å². The Morgan fingerprint density at radius 2 is 1.64 bits per heavy atom. The molecule has 2 aliphatic rings. The molecule has 5 heteroatoms. The largest absolute Gasteiger partial charge is 1.00 e. The second-order valence-electron chi connectivity index (χ2n) is 5.39. The van der Waals surface area contributed by atoms with Gasteiger partial charge in [-0.2, -0.15) is 0 Å². The lowest BCUT2D eigenvalue weighted by Crippen LogP contribution is -3.00. The second kappa shape index (κ2) is 6.07. The molecule has 0 radical (unpaired) electrons. The minimum absolute atomic E-state index is 0. The van der Waals surface area contributed by atoms with Gasteiger partial charge in [-0.15, -0.1) is 0 Å². The molecular formula is C17H17BrN2OS. The third kappa shape index (κ3) is 2.37. The Balaban J connectivity index is 0.00000144. The van der Waals surface area contributed by atoms with Crippen molar-refractivity contribution in [2.75, 3.05) is 23.7 Å². The van der Waals surface area contributed by atoms with Crippen LogP contribution >= 0.6 is 11.8 Å². The van der Waals surface area contributed by atoms with Gasteiger partial charge in [0.25, 0.3) is 5.72 Å². The Morgan fingerprint density at radius 1 is 1.00 bits per heavy atom. The Hall–Kier alpha value is -1.30. The molecule has 1 atom stereocenters. The van der Waals surface area contributed by atoms with Crippen LogP contribution in [-0.2, 0) is 5.72 Å². The number of hydrogen-bond donors (Lipinski definition) is 1. The van der Waals surface area contributed by atoms with Gasteiger partial charge >= 0.3 is 5.17 Å². The fraction of sp³-hybridized carbons (Fsp3) is 0.235. The molecule has 2 aromatic carbocycles. The van der Waals surface area contributed by atoms with Crippen molar-refractivity contribution in [3.8, 4) is 0 Å². The number of hydrogen-bond acceptors (Lipinski definition) is 3. The average Bonchev–Trinajstić information content (AvgIpc) is 3.13. The fourth-order valence-electron chi connectivity index (χ4n) is 3.10. The van der Waals surface area contributed by atoms with Crippen molar-refractivity contribution in [1.29, 1.82) is 0 Å². The molecule has 2 heterocycles. The summed E-state index contributed by atoms with van der Waals surface area (Å²) >= 11 is 1.82. The number of para-hydroxylation sites is 1. The molecule has 0 saturated heterocycles. The van der Waals surface area contributed by atoms with Crippen molar-refractivity contribution < 1.29 is 26.7 Å². The molecule has 1 N–H and O–H groups in total. The van der Waals surface area contributed by atoms with E-state index >= 15 is 0 Å². The van der Waals surface area contributed by atoms with Gasteiger partial charge in [-0.05, 0) is 23.9 Å². The summed E-state index contributed by atoms with van der Waals surface area (Å²) in [7, 11) is 0. The van der Waals surface area contributed by atoms with E-state index in [1.807, 2.05) is 60.3 Å². The molecule has 0 amide bonds. The van der Waals surface area contributed by atoms with Crippen molar-refractivity contribution in [2.24, 2.45) is 0 Å². The van der Waals surface area contributed by atoms with Crippen LogP contribution in [0.5, 0.6) is 0 Å². The highest BCUT2D eigenvalue weighted by Crippen LogP contribution is 2.37. The van der Waals surface area contributed by atoms with Gasteiger partial charge in [0.1, 0.15) is 5.69 Å². The average molecular weight is 377 g/mol. The van der Waals surface area contributed by atoms with Crippen molar-refractivity contribution in [2.45, 2.75) is 5.72 Å². The highest BCUT2D eigenvalue weighted by molar-refractivity contribution is 8.14. The Labute approximate surface area is 145 Å². The number of anilines is 1. The number of benzene rings is 2. The van der Waals surface area contributed by atoms with E-state index in [1.54, 1.807) is 0 Å². The molecule has 3 nitrogen and oxygen atoms in total. The van der Waals surface area contributed by atoms with Gasteiger partial charge in [0.2, 0.25) is 0 Å². The standard InChI is InChI=1S/C17H17N2OS.BrH/c20-17(14-7-3-1-4-8-14)13-18(15-9-5-2-6-10-15)16-19(17)11-12-21-16;/h1-10,20H,11-13H2;1H/q+1;/p-1. The van der Waals surface area contributed by atoms with Crippen LogP contribution in [0.4, 0.5) is 5.69 Å². The van der Waals surface area contributed by atoms with Crippen molar-refractivity contribution in [3.63, 3.8) is 0 Å². The molecule has 114 valence electrons. The minimum atomic E-state index is -0.935. The molecule has 0 aliphatic carbocycles. The third-order valence-corrected chi connectivity index (χ3v) is 5.22. The summed E-state index contributed by atoms with van der Waals surface area (Å²) in [5.41, 5.74) is 1.16. The molecule has 0 aromatic heterocycles. The molecule has 0 spiro atoms. The number of amidine groups is 1. The number of thioether (sulfide) groups is 1. The second-order valence-corrected chi connectivity index (χ2v) is 6.45. The number of nitrogens with zero attached hydrogens (tertiary/aromatic N) is 2. The van der Waals surface area contributed by atoms with E-state index in [9.17, 15) is 5.11 Å². The van der Waals surface area contributed by atoms with Gasteiger partial charge in [-0.3, -0.25) is 0 Å². The quantitative estimate of drug-likeness (QED) is 0.713. The van der Waals surface area contributed by atoms with Crippen LogP contribution in [0.3, 0.4) is 0 Å². The number of aliphatic hydroxyl groups is 1. The van der Waals surface area contributed by atoms with E-state index in [1.165, 1.54) is 0 Å². The number of β-amino-alcohol motifs (C(OH)–C–C–N with tert-alkyl or cyclic N) is 1. The van der Waals surface area contributed by atoms with Crippen molar-refractivity contribution in [1.82, 2.24) is 0 Å². The smallest absolute Gasteiger partial charge is 0.316 e. The normalized spacial score (nSPS) is 23.4. The van der Waals surface area contributed by atoms with Crippen LogP contribution in [0.2, 0.25) is 0 Å². The molecular weight excluding hydrogens is 360 g/mol. The summed E-state index contributed by atoms with van der Waals surface area (Å²) in [6, 6.07) is 20.3. The Kier molecular flexibility index (Phi) is 4.30. The first-order chi connectivity index (χ1) is 10.3. The first-order valence-electron chi connectivity index (χ1n) is 7.17. The zero-order chi connectivity index (χ0) is 14.3. The predicted octanol–water partition coefficient (Wildman–Crippen LogP) is -0.529. The van der Waals surface area contributed by atoms with Gasteiger partial charge in [0.05, 0.1) is 6.54 Å². The maximum atomic E-state index is 11.3. The third-order valence-electron chi connectivity index (χ3n) is 4.14. The first-order valence-corrected chi connectivity index (χ1v) is 8.15. The molecule has 0 saturated carbocycles. The number of halogens is 1. The van der Waals surface area contributed by atoms with E-state index in [-0.39, 0.29) is 17.0 Å². The van der Waals surface area contributed by atoms with Gasteiger partial charge < -0.3 is 22.1 Å². The Morgan fingerprint density at radius 3 is 2.32 bits per heavy atom. The topological polar surface area (TPSA) is 26.5 Å². The first kappa shape index (κ1) is 15.6. The lowest BCUT2D eigenvalue weighted by Gasteiger charge is -2.22. The summed E-state index contributed by atoms with van der Waals surface area (Å²) in [4.78, 5) is 2.23. The molecule has 2 aliphatic heterocycles. The molecule has 1 unspecified atom stereocenters. The van der Waals surface area contributed by atoms with E-state index < -0.39 is 5.72 Å². The van der Waals surface area contributed by atoms with Crippen LogP contribution in [0, 0.1) is 0 Å². The highest BCUT2D eigenvalue weighted by atomic mass is 79.9. The van der Waals surface area contributed by atoms with Crippen molar-refractivity contribution in [3.05, 3.63) is 66.2 Å². The summed E-state index contributed by atoms with van der Waals surface area (Å²) < 4.78 is 2.14. The zero-order valence-corrected chi connectivity index (χ0v) is 14.4.